The Balaban J connectivity index is 1.69. The summed E-state index contributed by atoms with van der Waals surface area (Å²) >= 11 is 0. The van der Waals surface area contributed by atoms with E-state index in [1.165, 1.54) is 12.8 Å². The number of nitrogens with one attached hydrogen (secondary N) is 1. The average Bonchev–Trinajstić information content (AvgIpc) is 3.06. The Kier molecular flexibility index (Phi) is 4.15. The fraction of sp³-hybridized carbons (Fsp3) is 0.412. The van der Waals surface area contributed by atoms with Crippen molar-refractivity contribution in [2.75, 3.05) is 6.54 Å². The number of aliphatic hydroxyl groups is 1. The molecule has 4 heteroatoms. The molecule has 0 spiro atoms. The monoisotopic (exact) mass is 284 g/mol. The minimum atomic E-state index is -0.440. The molecule has 4 nitrogen and oxygen atoms in total. The summed E-state index contributed by atoms with van der Waals surface area (Å²) in [4.78, 5) is 16.6. The zero-order valence-corrected chi connectivity index (χ0v) is 12.0. The van der Waals surface area contributed by atoms with Gasteiger partial charge in [0.05, 0.1) is 11.6 Å². The molecule has 1 aliphatic rings. The second kappa shape index (κ2) is 6.22. The zero-order valence-electron chi connectivity index (χ0n) is 12.0. The highest BCUT2D eigenvalue weighted by Gasteiger charge is 2.23. The second-order valence-electron chi connectivity index (χ2n) is 5.70. The van der Waals surface area contributed by atoms with Crippen LogP contribution in [0.4, 0.5) is 0 Å². The van der Waals surface area contributed by atoms with E-state index in [-0.39, 0.29) is 5.91 Å². The summed E-state index contributed by atoms with van der Waals surface area (Å²) < 4.78 is 0. The van der Waals surface area contributed by atoms with E-state index in [0.29, 0.717) is 18.0 Å². The molecule has 3 rings (SSSR count). The molecule has 110 valence electrons. The van der Waals surface area contributed by atoms with Gasteiger partial charge >= 0.3 is 0 Å². The lowest BCUT2D eigenvalue weighted by atomic mass is 10.0. The molecule has 0 saturated heterocycles. The van der Waals surface area contributed by atoms with Crippen molar-refractivity contribution < 1.29 is 9.90 Å². The third-order valence-corrected chi connectivity index (χ3v) is 4.31. The van der Waals surface area contributed by atoms with E-state index in [2.05, 4.69) is 10.3 Å². The van der Waals surface area contributed by atoms with Gasteiger partial charge in [0.15, 0.2) is 0 Å². The Labute approximate surface area is 124 Å². The Morgan fingerprint density at radius 1 is 1.29 bits per heavy atom. The topological polar surface area (TPSA) is 62.2 Å². The summed E-state index contributed by atoms with van der Waals surface area (Å²) in [7, 11) is 0. The van der Waals surface area contributed by atoms with Gasteiger partial charge < -0.3 is 10.4 Å². The first-order valence-corrected chi connectivity index (χ1v) is 7.56. The average molecular weight is 284 g/mol. The van der Waals surface area contributed by atoms with Gasteiger partial charge in [-0.25, -0.2) is 0 Å². The van der Waals surface area contributed by atoms with Crippen LogP contribution in [0, 0.1) is 5.92 Å². The van der Waals surface area contributed by atoms with Crippen LogP contribution in [-0.4, -0.2) is 28.6 Å². The molecule has 1 amide bonds. The highest BCUT2D eigenvalue weighted by Crippen LogP contribution is 2.27. The summed E-state index contributed by atoms with van der Waals surface area (Å²) in [6.45, 7) is 0.320. The number of carbonyl (C=O) groups excluding carboxylic acids is 1. The number of nitrogens with zero attached hydrogens (tertiary/aromatic N) is 1. The van der Waals surface area contributed by atoms with E-state index in [1.54, 1.807) is 12.3 Å². The number of fused-ring (bicyclic) bond motifs is 1. The molecule has 1 aromatic carbocycles. The largest absolute Gasteiger partial charge is 0.391 e. The van der Waals surface area contributed by atoms with E-state index in [1.807, 2.05) is 24.3 Å². The van der Waals surface area contributed by atoms with Crippen LogP contribution in [0.3, 0.4) is 0 Å². The number of aromatic nitrogens is 1. The molecule has 1 saturated carbocycles. The summed E-state index contributed by atoms with van der Waals surface area (Å²) in [5.74, 6) is 0.185. The molecule has 1 unspecified atom stereocenters. The number of rotatable bonds is 4. The Morgan fingerprint density at radius 2 is 2.10 bits per heavy atom. The van der Waals surface area contributed by atoms with E-state index in [9.17, 15) is 9.90 Å². The van der Waals surface area contributed by atoms with Crippen LogP contribution >= 0.6 is 0 Å². The zero-order chi connectivity index (χ0) is 14.7. The summed E-state index contributed by atoms with van der Waals surface area (Å²) in [6, 6.07) is 9.23. The van der Waals surface area contributed by atoms with Crippen LogP contribution in [0.25, 0.3) is 10.9 Å². The number of aliphatic hydroxyl groups excluding tert-OH is 1. The van der Waals surface area contributed by atoms with Crippen molar-refractivity contribution in [3.05, 3.63) is 42.1 Å². The first-order valence-electron chi connectivity index (χ1n) is 7.56. The third-order valence-electron chi connectivity index (χ3n) is 4.31. The molecule has 1 atom stereocenters. The van der Waals surface area contributed by atoms with E-state index in [0.717, 1.165) is 23.7 Å². The molecule has 21 heavy (non-hydrogen) atoms. The Hall–Kier alpha value is -1.94. The Morgan fingerprint density at radius 3 is 2.90 bits per heavy atom. The van der Waals surface area contributed by atoms with Gasteiger partial charge in [0.2, 0.25) is 0 Å². The van der Waals surface area contributed by atoms with Gasteiger partial charge in [-0.3, -0.25) is 9.78 Å². The lowest BCUT2D eigenvalue weighted by molar-refractivity contribution is 0.0842. The van der Waals surface area contributed by atoms with E-state index < -0.39 is 6.10 Å². The lowest BCUT2D eigenvalue weighted by Crippen LogP contribution is -2.35. The highest BCUT2D eigenvalue weighted by atomic mass is 16.3. The SMILES string of the molecule is O=C(NCC(O)C1CCCC1)c1cccc2ncccc12. The van der Waals surface area contributed by atoms with E-state index in [4.69, 9.17) is 0 Å². The number of carbonyl (C=O) groups is 1. The standard InChI is InChI=1S/C17H20N2O2/c20-16(12-5-1-2-6-12)11-19-17(21)14-7-3-9-15-13(14)8-4-10-18-15/h3-4,7-10,12,16,20H,1-2,5-6,11H2,(H,19,21). The number of hydrogen-bond acceptors (Lipinski definition) is 3. The van der Waals surface area contributed by atoms with Gasteiger partial charge in [-0.2, -0.15) is 0 Å². The van der Waals surface area contributed by atoms with Crippen LogP contribution < -0.4 is 5.32 Å². The van der Waals surface area contributed by atoms with Crippen LogP contribution in [0.1, 0.15) is 36.0 Å². The van der Waals surface area contributed by atoms with Crippen molar-refractivity contribution in [2.24, 2.45) is 5.92 Å². The van der Waals surface area contributed by atoms with Crippen molar-refractivity contribution in [1.29, 1.82) is 0 Å². The molecule has 0 aliphatic heterocycles. The number of hydrogen-bond donors (Lipinski definition) is 2. The molecule has 1 fully saturated rings. The number of benzene rings is 1. The Bertz CT molecular complexity index is 630. The second-order valence-corrected chi connectivity index (χ2v) is 5.70. The summed E-state index contributed by atoms with van der Waals surface area (Å²) in [5, 5.41) is 13.8. The van der Waals surface area contributed by atoms with Crippen molar-refractivity contribution in [2.45, 2.75) is 31.8 Å². The smallest absolute Gasteiger partial charge is 0.252 e. The minimum absolute atomic E-state index is 0.148. The first-order chi connectivity index (χ1) is 10.3. The van der Waals surface area contributed by atoms with Crippen molar-refractivity contribution in [3.8, 4) is 0 Å². The molecule has 1 heterocycles. The van der Waals surface area contributed by atoms with Gasteiger partial charge in [-0.15, -0.1) is 0 Å². The number of amides is 1. The fourth-order valence-corrected chi connectivity index (χ4v) is 3.10. The predicted molar refractivity (Wildman–Crippen MR) is 82.0 cm³/mol. The normalized spacial score (nSPS) is 17.0. The van der Waals surface area contributed by atoms with Crippen LogP contribution in [0.15, 0.2) is 36.5 Å². The van der Waals surface area contributed by atoms with Gasteiger partial charge in [-0.05, 0) is 37.0 Å². The predicted octanol–water partition coefficient (Wildman–Crippen LogP) is 2.52. The number of pyridine rings is 1. The molecular weight excluding hydrogens is 264 g/mol. The molecule has 2 N–H and O–H groups in total. The van der Waals surface area contributed by atoms with Crippen LogP contribution in [-0.2, 0) is 0 Å². The summed E-state index contributed by atoms with van der Waals surface area (Å²) in [6.07, 6.45) is 5.78. The molecule has 1 aliphatic carbocycles. The maximum atomic E-state index is 12.3. The van der Waals surface area contributed by atoms with Crippen molar-refractivity contribution in [3.63, 3.8) is 0 Å². The molecule has 1 aromatic heterocycles. The minimum Gasteiger partial charge on any atom is -0.391 e. The molecule has 2 aromatic rings. The van der Waals surface area contributed by atoms with Gasteiger partial charge in [0.1, 0.15) is 0 Å². The van der Waals surface area contributed by atoms with Gasteiger partial charge in [0, 0.05) is 23.7 Å². The molecule has 0 radical (unpaired) electrons. The molecular formula is C17H20N2O2. The van der Waals surface area contributed by atoms with Crippen LogP contribution in [0.5, 0.6) is 0 Å². The fourth-order valence-electron chi connectivity index (χ4n) is 3.10. The lowest BCUT2D eigenvalue weighted by Gasteiger charge is -2.18. The van der Waals surface area contributed by atoms with Crippen LogP contribution in [0.2, 0.25) is 0 Å². The van der Waals surface area contributed by atoms with Crippen molar-refractivity contribution in [1.82, 2.24) is 10.3 Å². The third kappa shape index (κ3) is 3.05. The molecule has 0 bridgehead atoms. The summed E-state index contributed by atoms with van der Waals surface area (Å²) in [5.41, 5.74) is 1.42. The maximum Gasteiger partial charge on any atom is 0.252 e. The quantitative estimate of drug-likeness (QED) is 0.907. The van der Waals surface area contributed by atoms with E-state index >= 15 is 0 Å². The maximum absolute atomic E-state index is 12.3. The van der Waals surface area contributed by atoms with Gasteiger partial charge in [-0.1, -0.05) is 25.0 Å². The highest BCUT2D eigenvalue weighted by molar-refractivity contribution is 6.06. The first kappa shape index (κ1) is 14.0. The van der Waals surface area contributed by atoms with Crippen molar-refractivity contribution >= 4 is 16.8 Å². The van der Waals surface area contributed by atoms with Gasteiger partial charge in [0.25, 0.3) is 5.91 Å².